The summed E-state index contributed by atoms with van der Waals surface area (Å²) >= 11 is 0. The molecule has 0 N–H and O–H groups in total. The highest BCUT2D eigenvalue weighted by atomic mass is 16.5. The second-order valence-corrected chi connectivity index (χ2v) is 6.61. The molecule has 1 aliphatic rings. The van der Waals surface area contributed by atoms with Crippen molar-refractivity contribution in [3.05, 3.63) is 24.3 Å². The zero-order valence-corrected chi connectivity index (χ0v) is 16.1. The summed E-state index contributed by atoms with van der Waals surface area (Å²) in [5.41, 5.74) is 0. The molecule has 1 aliphatic heterocycles. The van der Waals surface area contributed by atoms with E-state index in [-0.39, 0.29) is 18.4 Å². The van der Waals surface area contributed by atoms with E-state index in [9.17, 15) is 9.59 Å². The van der Waals surface area contributed by atoms with E-state index in [4.69, 9.17) is 9.47 Å². The minimum atomic E-state index is -0.110. The van der Waals surface area contributed by atoms with Crippen molar-refractivity contribution in [2.75, 3.05) is 33.4 Å². The van der Waals surface area contributed by atoms with Crippen LogP contribution in [-0.4, -0.2) is 61.0 Å². The lowest BCUT2D eigenvalue weighted by Gasteiger charge is -2.36. The summed E-state index contributed by atoms with van der Waals surface area (Å²) in [5.74, 6) is 1.40. The molecule has 144 valence electrons. The summed E-state index contributed by atoms with van der Waals surface area (Å²) in [6, 6.07) is 7.59. The van der Waals surface area contributed by atoms with Crippen LogP contribution in [0.1, 0.15) is 39.5 Å². The van der Waals surface area contributed by atoms with Gasteiger partial charge in [0.05, 0.1) is 20.2 Å². The van der Waals surface area contributed by atoms with Crippen LogP contribution in [-0.2, 0) is 9.59 Å². The van der Waals surface area contributed by atoms with Crippen molar-refractivity contribution in [3.63, 3.8) is 0 Å². The van der Waals surface area contributed by atoms with E-state index in [1.165, 1.54) is 13.3 Å². The number of rotatable bonds is 8. The van der Waals surface area contributed by atoms with Crippen molar-refractivity contribution in [2.45, 2.75) is 45.6 Å². The second kappa shape index (κ2) is 10.0. The number of hydrogen-bond donors (Lipinski definition) is 0. The molecule has 1 heterocycles. The van der Waals surface area contributed by atoms with Crippen molar-refractivity contribution >= 4 is 11.8 Å². The number of piperidine rings is 1. The van der Waals surface area contributed by atoms with Crippen LogP contribution in [0.4, 0.5) is 0 Å². The second-order valence-electron chi connectivity index (χ2n) is 6.61. The lowest BCUT2D eigenvalue weighted by molar-refractivity contribution is -0.142. The van der Waals surface area contributed by atoms with Crippen LogP contribution in [0.25, 0.3) is 0 Å². The Morgan fingerprint density at radius 2 is 1.88 bits per heavy atom. The van der Waals surface area contributed by atoms with Crippen molar-refractivity contribution < 1.29 is 19.1 Å². The van der Waals surface area contributed by atoms with Gasteiger partial charge in [0.15, 0.2) is 0 Å². The van der Waals surface area contributed by atoms with E-state index < -0.39 is 0 Å². The summed E-state index contributed by atoms with van der Waals surface area (Å²) in [7, 11) is 1.61. The molecule has 0 bridgehead atoms. The molecule has 1 saturated heterocycles. The van der Waals surface area contributed by atoms with E-state index in [1.807, 2.05) is 29.2 Å². The van der Waals surface area contributed by atoms with Gasteiger partial charge in [-0.25, -0.2) is 0 Å². The molecule has 1 aromatic rings. The summed E-state index contributed by atoms with van der Waals surface area (Å²) in [6.07, 6.45) is 4.24. The highest BCUT2D eigenvalue weighted by Crippen LogP contribution is 2.20. The minimum absolute atomic E-state index is 0.0381. The molecule has 2 amide bonds. The van der Waals surface area contributed by atoms with Gasteiger partial charge in [-0.3, -0.25) is 9.59 Å². The molecule has 0 saturated carbocycles. The highest BCUT2D eigenvalue weighted by Gasteiger charge is 2.27. The van der Waals surface area contributed by atoms with E-state index in [0.717, 1.165) is 31.6 Å². The van der Waals surface area contributed by atoms with Crippen LogP contribution >= 0.6 is 0 Å². The van der Waals surface area contributed by atoms with Crippen molar-refractivity contribution in [2.24, 2.45) is 0 Å². The molecule has 0 radical (unpaired) electrons. The van der Waals surface area contributed by atoms with Gasteiger partial charge < -0.3 is 19.3 Å². The average molecular weight is 362 g/mol. The molecule has 0 spiro atoms. The number of hydrogen-bond acceptors (Lipinski definition) is 4. The maximum absolute atomic E-state index is 12.7. The lowest BCUT2D eigenvalue weighted by atomic mass is 10.00. The molecular weight excluding hydrogens is 332 g/mol. The van der Waals surface area contributed by atoms with Crippen LogP contribution in [0.2, 0.25) is 0 Å². The van der Waals surface area contributed by atoms with Gasteiger partial charge in [-0.1, -0.05) is 6.92 Å². The minimum Gasteiger partial charge on any atom is -0.497 e. The highest BCUT2D eigenvalue weighted by molar-refractivity contribution is 5.84. The summed E-state index contributed by atoms with van der Waals surface area (Å²) < 4.78 is 10.8. The number of ether oxygens (including phenoxy) is 2. The first kappa shape index (κ1) is 20.1. The molecule has 1 aromatic carbocycles. The largest absolute Gasteiger partial charge is 0.497 e. The number of carbonyl (C=O) groups excluding carboxylic acids is 2. The van der Waals surface area contributed by atoms with Gasteiger partial charge in [0.1, 0.15) is 18.1 Å². The smallest absolute Gasteiger partial charge is 0.242 e. The Bertz CT molecular complexity index is 588. The number of carbonyl (C=O) groups is 2. The molecule has 2 rings (SSSR count). The van der Waals surface area contributed by atoms with Gasteiger partial charge in [0.25, 0.3) is 0 Å². The molecule has 6 heteroatoms. The van der Waals surface area contributed by atoms with Crippen LogP contribution in [0.15, 0.2) is 24.3 Å². The standard InChI is InChI=1S/C20H30N2O4/c1-4-17-7-5-6-12-22(17)20(24)15-21(16(2)23)13-14-26-19-10-8-18(25-3)9-11-19/h8-11,17H,4-7,12-15H2,1-3H3. The zero-order valence-electron chi connectivity index (χ0n) is 16.1. The van der Waals surface area contributed by atoms with Gasteiger partial charge in [-0.15, -0.1) is 0 Å². The van der Waals surface area contributed by atoms with Crippen LogP contribution < -0.4 is 9.47 Å². The van der Waals surface area contributed by atoms with E-state index in [0.29, 0.717) is 24.9 Å². The molecule has 1 unspecified atom stereocenters. The Morgan fingerprint density at radius 1 is 1.19 bits per heavy atom. The van der Waals surface area contributed by atoms with Crippen LogP contribution in [0.5, 0.6) is 11.5 Å². The third-order valence-electron chi connectivity index (χ3n) is 4.88. The lowest BCUT2D eigenvalue weighted by Crippen LogP contribution is -2.49. The maximum Gasteiger partial charge on any atom is 0.242 e. The van der Waals surface area contributed by atoms with Crippen molar-refractivity contribution in [3.8, 4) is 11.5 Å². The summed E-state index contributed by atoms with van der Waals surface area (Å²) in [6.45, 7) is 5.26. The van der Waals surface area contributed by atoms with Crippen molar-refractivity contribution in [1.82, 2.24) is 9.80 Å². The fourth-order valence-corrected chi connectivity index (χ4v) is 3.30. The first-order chi connectivity index (χ1) is 12.5. The monoisotopic (exact) mass is 362 g/mol. The van der Waals surface area contributed by atoms with Gasteiger partial charge in [0.2, 0.25) is 11.8 Å². The van der Waals surface area contributed by atoms with Crippen LogP contribution in [0.3, 0.4) is 0 Å². The number of nitrogens with zero attached hydrogens (tertiary/aromatic N) is 2. The first-order valence-electron chi connectivity index (χ1n) is 9.37. The first-order valence-corrected chi connectivity index (χ1v) is 9.37. The molecular formula is C20H30N2O4. The number of methoxy groups -OCH3 is 1. The Balaban J connectivity index is 1.85. The maximum atomic E-state index is 12.7. The van der Waals surface area contributed by atoms with E-state index in [1.54, 1.807) is 12.0 Å². The fourth-order valence-electron chi connectivity index (χ4n) is 3.30. The van der Waals surface area contributed by atoms with Gasteiger partial charge in [-0.2, -0.15) is 0 Å². The average Bonchev–Trinajstić information content (AvgIpc) is 2.67. The summed E-state index contributed by atoms with van der Waals surface area (Å²) in [4.78, 5) is 28.1. The number of benzene rings is 1. The SMILES string of the molecule is CCC1CCCCN1C(=O)CN(CCOc1ccc(OC)cc1)C(C)=O. The van der Waals surface area contributed by atoms with Gasteiger partial charge >= 0.3 is 0 Å². The normalized spacial score (nSPS) is 16.9. The molecule has 1 atom stereocenters. The Morgan fingerprint density at radius 3 is 2.50 bits per heavy atom. The predicted octanol–water partition coefficient (Wildman–Crippen LogP) is 2.71. The quantitative estimate of drug-likeness (QED) is 0.713. The fraction of sp³-hybridized carbons (Fsp3) is 0.600. The Labute approximate surface area is 156 Å². The van der Waals surface area contributed by atoms with Gasteiger partial charge in [0, 0.05) is 19.5 Å². The number of likely N-dealkylation sites (tertiary alicyclic amines) is 1. The molecule has 0 aromatic heterocycles. The van der Waals surface area contributed by atoms with Gasteiger partial charge in [-0.05, 0) is 49.9 Å². The third-order valence-corrected chi connectivity index (χ3v) is 4.88. The molecule has 0 aliphatic carbocycles. The molecule has 6 nitrogen and oxygen atoms in total. The van der Waals surface area contributed by atoms with Crippen molar-refractivity contribution in [1.29, 1.82) is 0 Å². The Hall–Kier alpha value is -2.24. The van der Waals surface area contributed by atoms with E-state index in [2.05, 4.69) is 6.92 Å². The zero-order chi connectivity index (χ0) is 18.9. The number of amides is 2. The van der Waals surface area contributed by atoms with Crippen LogP contribution in [0, 0.1) is 0 Å². The molecule has 26 heavy (non-hydrogen) atoms. The Kier molecular flexibility index (Phi) is 7.75. The molecule has 1 fully saturated rings. The predicted molar refractivity (Wildman–Crippen MR) is 100 cm³/mol. The topological polar surface area (TPSA) is 59.1 Å². The summed E-state index contributed by atoms with van der Waals surface area (Å²) in [5, 5.41) is 0. The van der Waals surface area contributed by atoms with E-state index >= 15 is 0 Å². The third kappa shape index (κ3) is 5.64.